The fourth-order valence-electron chi connectivity index (χ4n) is 3.73. The Labute approximate surface area is 158 Å². The van der Waals surface area contributed by atoms with Crippen molar-refractivity contribution in [3.8, 4) is 5.95 Å². The van der Waals surface area contributed by atoms with E-state index in [1.54, 1.807) is 12.5 Å². The number of rotatable bonds is 6. The lowest BCUT2D eigenvalue weighted by Gasteiger charge is -2.12. The molecule has 2 fully saturated rings. The minimum absolute atomic E-state index is 0.112. The van der Waals surface area contributed by atoms with Crippen molar-refractivity contribution >= 4 is 11.4 Å². The Hall–Kier alpha value is -2.67. The van der Waals surface area contributed by atoms with Crippen molar-refractivity contribution in [1.82, 2.24) is 29.2 Å². The quantitative estimate of drug-likeness (QED) is 0.729. The molecule has 4 heterocycles. The Balaban J connectivity index is 1.43. The number of fused-ring (bicyclic) bond motifs is 1. The highest BCUT2D eigenvalue weighted by molar-refractivity contribution is 5.92. The lowest BCUT2D eigenvalue weighted by Crippen LogP contribution is -2.25. The summed E-state index contributed by atoms with van der Waals surface area (Å²) in [5, 5.41) is 2.97. The zero-order valence-electron chi connectivity index (χ0n) is 15.3. The fourth-order valence-corrected chi connectivity index (χ4v) is 3.73. The van der Waals surface area contributed by atoms with E-state index in [9.17, 15) is 4.79 Å². The molecule has 1 aliphatic heterocycles. The molecule has 3 aromatic heterocycles. The molecular weight excluding hydrogens is 340 g/mol. The van der Waals surface area contributed by atoms with Crippen molar-refractivity contribution in [3.63, 3.8) is 0 Å². The Bertz CT molecular complexity index is 964. The zero-order valence-corrected chi connectivity index (χ0v) is 15.3. The number of nitrogens with zero attached hydrogens (tertiary/aromatic N) is 5. The predicted molar refractivity (Wildman–Crippen MR) is 102 cm³/mol. The number of imidazole rings is 2. The molecule has 0 bridgehead atoms. The maximum Gasteiger partial charge on any atom is 0.271 e. The lowest BCUT2D eigenvalue weighted by atomic mass is 10.3. The maximum absolute atomic E-state index is 12.3. The number of carbonyl (C=O) groups is 1. The number of hydrogen-bond donors (Lipinski definition) is 1. The van der Waals surface area contributed by atoms with Crippen LogP contribution >= 0.6 is 0 Å². The van der Waals surface area contributed by atoms with E-state index in [0.29, 0.717) is 11.6 Å². The summed E-state index contributed by atoms with van der Waals surface area (Å²) >= 11 is 0. The molecule has 0 spiro atoms. The third-order valence-corrected chi connectivity index (χ3v) is 5.47. The molecule has 2 aliphatic rings. The largest absolute Gasteiger partial charge is 0.350 e. The van der Waals surface area contributed by atoms with E-state index in [0.717, 1.165) is 43.3 Å². The molecular formula is C20H24N6O. The highest BCUT2D eigenvalue weighted by Gasteiger charge is 2.23. The van der Waals surface area contributed by atoms with Gasteiger partial charge in [0.25, 0.3) is 5.91 Å². The molecule has 0 aromatic carbocycles. The standard InChI is InChI=1S/C20H24N6O/c27-19(21-11-15-6-7-15)17-13-25(14-22-17)20-23-16(12-24-8-3-4-9-24)18-5-1-2-10-26(18)20/h1-2,5,10,13-15H,3-4,6-9,11-12H2,(H,21,27). The minimum Gasteiger partial charge on any atom is -0.350 e. The van der Waals surface area contributed by atoms with Crippen molar-refractivity contribution < 1.29 is 4.79 Å². The summed E-state index contributed by atoms with van der Waals surface area (Å²) in [7, 11) is 0. The van der Waals surface area contributed by atoms with Crippen LogP contribution in [0.3, 0.4) is 0 Å². The van der Waals surface area contributed by atoms with Crippen LogP contribution in [-0.2, 0) is 6.54 Å². The molecule has 0 unspecified atom stereocenters. The van der Waals surface area contributed by atoms with Gasteiger partial charge in [0, 0.05) is 25.5 Å². The van der Waals surface area contributed by atoms with Crippen LogP contribution in [0.5, 0.6) is 0 Å². The van der Waals surface area contributed by atoms with Crippen molar-refractivity contribution in [2.24, 2.45) is 5.92 Å². The van der Waals surface area contributed by atoms with Crippen LogP contribution in [0.15, 0.2) is 36.9 Å². The van der Waals surface area contributed by atoms with E-state index >= 15 is 0 Å². The van der Waals surface area contributed by atoms with Gasteiger partial charge in [-0.2, -0.15) is 0 Å². The Morgan fingerprint density at radius 3 is 2.89 bits per heavy atom. The van der Waals surface area contributed by atoms with E-state index in [1.165, 1.54) is 25.7 Å². The Morgan fingerprint density at radius 2 is 2.07 bits per heavy atom. The van der Waals surface area contributed by atoms with Gasteiger partial charge in [0.15, 0.2) is 0 Å². The van der Waals surface area contributed by atoms with Crippen molar-refractivity contribution in [2.45, 2.75) is 32.2 Å². The fraction of sp³-hybridized carbons (Fsp3) is 0.450. The number of pyridine rings is 1. The third-order valence-electron chi connectivity index (χ3n) is 5.47. The number of likely N-dealkylation sites (tertiary alicyclic amines) is 1. The smallest absolute Gasteiger partial charge is 0.271 e. The number of hydrogen-bond acceptors (Lipinski definition) is 4. The second kappa shape index (κ2) is 6.81. The molecule has 0 atom stereocenters. The van der Waals surface area contributed by atoms with Gasteiger partial charge in [-0.25, -0.2) is 9.97 Å². The molecule has 1 amide bonds. The summed E-state index contributed by atoms with van der Waals surface area (Å²) < 4.78 is 3.91. The molecule has 1 N–H and O–H groups in total. The first-order valence-electron chi connectivity index (χ1n) is 9.79. The van der Waals surface area contributed by atoms with Crippen LogP contribution in [0.4, 0.5) is 0 Å². The van der Waals surface area contributed by atoms with Gasteiger partial charge in [0.1, 0.15) is 12.0 Å². The van der Waals surface area contributed by atoms with Crippen molar-refractivity contribution in [2.75, 3.05) is 19.6 Å². The number of carbonyl (C=O) groups excluding carboxylic acids is 1. The van der Waals surface area contributed by atoms with Crippen molar-refractivity contribution in [3.05, 3.63) is 48.3 Å². The minimum atomic E-state index is -0.112. The highest BCUT2D eigenvalue weighted by Crippen LogP contribution is 2.27. The molecule has 7 nitrogen and oxygen atoms in total. The van der Waals surface area contributed by atoms with E-state index in [-0.39, 0.29) is 5.91 Å². The molecule has 1 saturated carbocycles. The number of amides is 1. The monoisotopic (exact) mass is 364 g/mol. The summed E-state index contributed by atoms with van der Waals surface area (Å²) in [6.45, 7) is 3.88. The lowest BCUT2D eigenvalue weighted by molar-refractivity contribution is 0.0947. The molecule has 0 radical (unpaired) electrons. The van der Waals surface area contributed by atoms with Crippen LogP contribution in [0, 0.1) is 5.92 Å². The Kier molecular flexibility index (Phi) is 4.16. The zero-order chi connectivity index (χ0) is 18.2. The Morgan fingerprint density at radius 1 is 1.22 bits per heavy atom. The first-order chi connectivity index (χ1) is 13.3. The van der Waals surface area contributed by atoms with Crippen LogP contribution in [0.25, 0.3) is 11.5 Å². The molecule has 1 saturated heterocycles. The SMILES string of the molecule is O=C(NCC1CC1)c1cn(-c2nc(CN3CCCC3)c3ccccn23)cn1. The van der Waals surface area contributed by atoms with E-state index < -0.39 is 0 Å². The maximum atomic E-state index is 12.3. The van der Waals surface area contributed by atoms with Crippen molar-refractivity contribution in [1.29, 1.82) is 0 Å². The predicted octanol–water partition coefficient (Wildman–Crippen LogP) is 2.26. The van der Waals surface area contributed by atoms with Gasteiger partial charge in [-0.05, 0) is 56.8 Å². The topological polar surface area (TPSA) is 67.5 Å². The van der Waals surface area contributed by atoms with E-state index in [1.807, 2.05) is 22.9 Å². The van der Waals surface area contributed by atoms with Gasteiger partial charge in [0.05, 0.1) is 11.2 Å². The molecule has 7 heteroatoms. The summed E-state index contributed by atoms with van der Waals surface area (Å²) in [5.74, 6) is 1.31. The summed E-state index contributed by atoms with van der Waals surface area (Å²) in [6.07, 6.45) is 10.4. The summed E-state index contributed by atoms with van der Waals surface area (Å²) in [4.78, 5) is 23.9. The second-order valence-corrected chi connectivity index (χ2v) is 7.62. The first kappa shape index (κ1) is 16.5. The number of aromatic nitrogens is 4. The van der Waals surface area contributed by atoms with Crippen LogP contribution < -0.4 is 5.32 Å². The van der Waals surface area contributed by atoms with Gasteiger partial charge in [-0.1, -0.05) is 6.07 Å². The molecule has 140 valence electrons. The third kappa shape index (κ3) is 3.35. The average molecular weight is 364 g/mol. The average Bonchev–Trinajstić information content (AvgIpc) is 3.09. The van der Waals surface area contributed by atoms with Gasteiger partial charge < -0.3 is 5.32 Å². The number of nitrogens with one attached hydrogen (secondary N) is 1. The van der Waals surface area contributed by atoms with Gasteiger partial charge in [-0.15, -0.1) is 0 Å². The molecule has 27 heavy (non-hydrogen) atoms. The van der Waals surface area contributed by atoms with E-state index in [4.69, 9.17) is 4.98 Å². The molecule has 1 aliphatic carbocycles. The van der Waals surface area contributed by atoms with Crippen LogP contribution in [-0.4, -0.2) is 49.4 Å². The summed E-state index contributed by atoms with van der Waals surface area (Å²) in [6, 6.07) is 6.14. The molecule has 3 aromatic rings. The first-order valence-corrected chi connectivity index (χ1v) is 9.79. The van der Waals surface area contributed by atoms with E-state index in [2.05, 4.69) is 25.7 Å². The van der Waals surface area contributed by atoms with Gasteiger partial charge in [-0.3, -0.25) is 18.7 Å². The summed E-state index contributed by atoms with van der Waals surface area (Å²) in [5.41, 5.74) is 2.61. The van der Waals surface area contributed by atoms with Crippen LogP contribution in [0.2, 0.25) is 0 Å². The molecule has 5 rings (SSSR count). The van der Waals surface area contributed by atoms with Gasteiger partial charge >= 0.3 is 0 Å². The van der Waals surface area contributed by atoms with Gasteiger partial charge in [0.2, 0.25) is 5.95 Å². The van der Waals surface area contributed by atoms with Crippen LogP contribution in [0.1, 0.15) is 41.9 Å². The normalized spacial score (nSPS) is 17.6. The highest BCUT2D eigenvalue weighted by atomic mass is 16.1. The second-order valence-electron chi connectivity index (χ2n) is 7.62.